The number of allylic oxidation sites excluding steroid dienone is 1. The number of benzene rings is 1. The highest BCUT2D eigenvalue weighted by molar-refractivity contribution is 6.30. The van der Waals surface area contributed by atoms with E-state index < -0.39 is 0 Å². The molecule has 1 aromatic rings. The fourth-order valence-corrected chi connectivity index (χ4v) is 2.96. The quantitative estimate of drug-likeness (QED) is 0.812. The minimum Gasteiger partial charge on any atom is -0.392 e. The molecule has 0 radical (unpaired) electrons. The average Bonchev–Trinajstić information content (AvgIpc) is 2.78. The van der Waals surface area contributed by atoms with E-state index in [0.717, 1.165) is 38.9 Å². The topological polar surface area (TPSA) is 43.8 Å². The second-order valence-electron chi connectivity index (χ2n) is 5.97. The van der Waals surface area contributed by atoms with Crippen molar-refractivity contribution in [2.24, 2.45) is 0 Å². The maximum absolute atomic E-state index is 12.5. The third kappa shape index (κ3) is 5.65. The molecule has 1 aromatic carbocycles. The van der Waals surface area contributed by atoms with Crippen LogP contribution in [0.25, 0.3) is 0 Å². The SMILES string of the molecule is C=CCC[C@H](O)CN1CCCN(C(=O)c2ccc(Cl)cc2)CC1. The van der Waals surface area contributed by atoms with Crippen molar-refractivity contribution in [3.8, 4) is 0 Å². The second-order valence-corrected chi connectivity index (χ2v) is 6.41. The first kappa shape index (κ1) is 18.0. The largest absolute Gasteiger partial charge is 0.392 e. The molecule has 1 saturated heterocycles. The first-order valence-corrected chi connectivity index (χ1v) is 8.54. The number of carbonyl (C=O) groups is 1. The second kappa shape index (κ2) is 9.06. The summed E-state index contributed by atoms with van der Waals surface area (Å²) in [5, 5.41) is 10.7. The molecule has 0 spiro atoms. The van der Waals surface area contributed by atoms with Crippen LogP contribution >= 0.6 is 11.6 Å². The molecule has 126 valence electrons. The first-order chi connectivity index (χ1) is 11.1. The van der Waals surface area contributed by atoms with Crippen molar-refractivity contribution in [2.45, 2.75) is 25.4 Å². The molecular formula is C18H25ClN2O2. The third-order valence-corrected chi connectivity index (χ3v) is 4.39. The number of β-amino-alcohol motifs (C(OH)–C–C–N with tert-alkyl or cyclic N) is 1. The summed E-state index contributed by atoms with van der Waals surface area (Å²) >= 11 is 5.87. The van der Waals surface area contributed by atoms with Gasteiger partial charge in [0.25, 0.3) is 5.91 Å². The Morgan fingerprint density at radius 3 is 2.70 bits per heavy atom. The fraction of sp³-hybridized carbons (Fsp3) is 0.500. The van der Waals surface area contributed by atoms with Gasteiger partial charge in [0.2, 0.25) is 0 Å². The molecule has 1 heterocycles. The highest BCUT2D eigenvalue weighted by atomic mass is 35.5. The predicted octanol–water partition coefficient (Wildman–Crippen LogP) is 2.82. The van der Waals surface area contributed by atoms with E-state index in [2.05, 4.69) is 11.5 Å². The van der Waals surface area contributed by atoms with Crippen molar-refractivity contribution >= 4 is 17.5 Å². The van der Waals surface area contributed by atoms with E-state index in [1.807, 2.05) is 11.0 Å². The van der Waals surface area contributed by atoms with Crippen molar-refractivity contribution in [1.29, 1.82) is 0 Å². The zero-order valence-corrected chi connectivity index (χ0v) is 14.2. The molecule has 1 aliphatic heterocycles. The minimum absolute atomic E-state index is 0.0516. The third-order valence-electron chi connectivity index (χ3n) is 4.14. The summed E-state index contributed by atoms with van der Waals surface area (Å²) in [6.45, 7) is 7.49. The van der Waals surface area contributed by atoms with Crippen LogP contribution < -0.4 is 0 Å². The van der Waals surface area contributed by atoms with E-state index in [1.165, 1.54) is 0 Å². The Bertz CT molecular complexity index is 518. The Labute approximate surface area is 143 Å². The smallest absolute Gasteiger partial charge is 0.253 e. The number of aliphatic hydroxyl groups is 1. The van der Waals surface area contributed by atoms with Gasteiger partial charge in [0.1, 0.15) is 0 Å². The van der Waals surface area contributed by atoms with Gasteiger partial charge >= 0.3 is 0 Å². The Kier molecular flexibility index (Phi) is 7.09. The molecule has 0 aromatic heterocycles. The molecule has 5 heteroatoms. The molecule has 4 nitrogen and oxygen atoms in total. The van der Waals surface area contributed by atoms with Gasteiger partial charge in [0.05, 0.1) is 6.10 Å². The highest BCUT2D eigenvalue weighted by Crippen LogP contribution is 2.13. The van der Waals surface area contributed by atoms with Gasteiger partial charge in [-0.15, -0.1) is 6.58 Å². The van der Waals surface area contributed by atoms with Crippen LogP contribution in [0.2, 0.25) is 5.02 Å². The number of hydrogen-bond donors (Lipinski definition) is 1. The standard InChI is InChI=1S/C18H25ClN2O2/c1-2-3-5-17(22)14-20-10-4-11-21(13-12-20)18(23)15-6-8-16(19)9-7-15/h2,6-9,17,22H,1,3-5,10-14H2/t17-/m0/s1. The molecule has 1 amide bonds. The van der Waals surface area contributed by atoms with Crippen molar-refractivity contribution in [2.75, 3.05) is 32.7 Å². The minimum atomic E-state index is -0.327. The summed E-state index contributed by atoms with van der Waals surface area (Å²) in [5.41, 5.74) is 0.675. The maximum atomic E-state index is 12.5. The van der Waals surface area contributed by atoms with Crippen LogP contribution in [-0.2, 0) is 0 Å². The molecular weight excluding hydrogens is 312 g/mol. The molecule has 1 N–H and O–H groups in total. The van der Waals surface area contributed by atoms with Crippen molar-refractivity contribution < 1.29 is 9.90 Å². The summed E-state index contributed by atoms with van der Waals surface area (Å²) < 4.78 is 0. The van der Waals surface area contributed by atoms with Crippen LogP contribution in [0.4, 0.5) is 0 Å². The molecule has 0 bridgehead atoms. The van der Waals surface area contributed by atoms with E-state index in [-0.39, 0.29) is 12.0 Å². The number of nitrogens with zero attached hydrogens (tertiary/aromatic N) is 2. The van der Waals surface area contributed by atoms with Crippen molar-refractivity contribution in [3.05, 3.63) is 47.5 Å². The molecule has 0 aliphatic carbocycles. The number of halogens is 1. The number of amides is 1. The first-order valence-electron chi connectivity index (χ1n) is 8.16. The van der Waals surface area contributed by atoms with Crippen molar-refractivity contribution in [3.63, 3.8) is 0 Å². The van der Waals surface area contributed by atoms with Crippen LogP contribution in [0.1, 0.15) is 29.6 Å². The molecule has 0 unspecified atom stereocenters. The Morgan fingerprint density at radius 1 is 1.26 bits per heavy atom. The summed E-state index contributed by atoms with van der Waals surface area (Å²) in [6, 6.07) is 7.03. The molecule has 1 fully saturated rings. The highest BCUT2D eigenvalue weighted by Gasteiger charge is 2.21. The lowest BCUT2D eigenvalue weighted by molar-refractivity contribution is 0.0753. The lowest BCUT2D eigenvalue weighted by atomic mass is 10.2. The lowest BCUT2D eigenvalue weighted by Gasteiger charge is -2.24. The summed E-state index contributed by atoms with van der Waals surface area (Å²) in [7, 11) is 0. The maximum Gasteiger partial charge on any atom is 0.253 e. The van der Waals surface area contributed by atoms with E-state index in [9.17, 15) is 9.90 Å². The van der Waals surface area contributed by atoms with E-state index >= 15 is 0 Å². The predicted molar refractivity (Wildman–Crippen MR) is 93.9 cm³/mol. The Hall–Kier alpha value is -1.36. The number of rotatable bonds is 6. The van der Waals surface area contributed by atoms with Gasteiger partial charge in [0, 0.05) is 36.8 Å². The Morgan fingerprint density at radius 2 is 2.00 bits per heavy atom. The van der Waals surface area contributed by atoms with E-state index in [1.54, 1.807) is 24.3 Å². The van der Waals surface area contributed by atoms with Crippen LogP contribution in [0.5, 0.6) is 0 Å². The lowest BCUT2D eigenvalue weighted by Crippen LogP contribution is -2.37. The van der Waals surface area contributed by atoms with Crippen LogP contribution in [0.15, 0.2) is 36.9 Å². The van der Waals surface area contributed by atoms with Gasteiger partial charge in [-0.2, -0.15) is 0 Å². The fourth-order valence-electron chi connectivity index (χ4n) is 2.83. The number of carbonyl (C=O) groups excluding carboxylic acids is 1. The van der Waals surface area contributed by atoms with Crippen LogP contribution in [0, 0.1) is 0 Å². The van der Waals surface area contributed by atoms with E-state index in [0.29, 0.717) is 23.7 Å². The molecule has 1 aliphatic rings. The van der Waals surface area contributed by atoms with Gasteiger partial charge in [-0.05, 0) is 50.1 Å². The molecule has 23 heavy (non-hydrogen) atoms. The molecule has 1 atom stereocenters. The van der Waals surface area contributed by atoms with Gasteiger partial charge < -0.3 is 10.0 Å². The number of aliphatic hydroxyl groups excluding tert-OH is 1. The zero-order valence-electron chi connectivity index (χ0n) is 13.5. The summed E-state index contributed by atoms with van der Waals surface area (Å²) in [6.07, 6.45) is 4.00. The number of hydrogen-bond acceptors (Lipinski definition) is 3. The van der Waals surface area contributed by atoms with Gasteiger partial charge in [0.15, 0.2) is 0 Å². The van der Waals surface area contributed by atoms with Crippen LogP contribution in [0.3, 0.4) is 0 Å². The van der Waals surface area contributed by atoms with Gasteiger partial charge in [-0.25, -0.2) is 0 Å². The summed E-state index contributed by atoms with van der Waals surface area (Å²) in [5.74, 6) is 0.0516. The van der Waals surface area contributed by atoms with Crippen molar-refractivity contribution in [1.82, 2.24) is 9.80 Å². The zero-order chi connectivity index (χ0) is 16.7. The molecule has 2 rings (SSSR count). The van der Waals surface area contributed by atoms with Crippen LogP contribution in [-0.4, -0.2) is 59.6 Å². The average molecular weight is 337 g/mol. The van der Waals surface area contributed by atoms with Gasteiger partial charge in [-0.3, -0.25) is 9.69 Å². The normalized spacial score (nSPS) is 17.6. The Balaban J connectivity index is 1.86. The molecule has 0 saturated carbocycles. The summed E-state index contributed by atoms with van der Waals surface area (Å²) in [4.78, 5) is 16.7. The van der Waals surface area contributed by atoms with E-state index in [4.69, 9.17) is 11.6 Å². The van der Waals surface area contributed by atoms with Gasteiger partial charge in [-0.1, -0.05) is 17.7 Å². The monoisotopic (exact) mass is 336 g/mol.